The van der Waals surface area contributed by atoms with Crippen LogP contribution in [-0.2, 0) is 9.53 Å². The number of anilines is 1. The van der Waals surface area contributed by atoms with Crippen molar-refractivity contribution in [1.82, 2.24) is 0 Å². The lowest BCUT2D eigenvalue weighted by Gasteiger charge is -2.08. The van der Waals surface area contributed by atoms with Gasteiger partial charge in [-0.2, -0.15) is 13.2 Å². The van der Waals surface area contributed by atoms with Gasteiger partial charge in [-0.1, -0.05) is 18.2 Å². The Morgan fingerprint density at radius 2 is 1.62 bits per heavy atom. The van der Waals surface area contributed by atoms with Crippen LogP contribution in [0.15, 0.2) is 59.5 Å². The summed E-state index contributed by atoms with van der Waals surface area (Å²) in [5.41, 5.74) is -3.77. The molecule has 0 aliphatic heterocycles. The van der Waals surface area contributed by atoms with Gasteiger partial charge in [0.05, 0.1) is 5.56 Å². The van der Waals surface area contributed by atoms with Crippen molar-refractivity contribution in [2.45, 2.75) is 10.4 Å². The van der Waals surface area contributed by atoms with Crippen LogP contribution in [-0.4, -0.2) is 24.0 Å². The highest BCUT2D eigenvalue weighted by Gasteiger charge is 2.29. The summed E-state index contributed by atoms with van der Waals surface area (Å²) in [5, 5.41) is 2.54. The summed E-state index contributed by atoms with van der Waals surface area (Å²) in [6.45, 7) is -0.493. The van der Waals surface area contributed by atoms with Gasteiger partial charge in [0.15, 0.2) is 6.61 Å². The predicted octanol–water partition coefficient (Wildman–Crippen LogP) is 4.09. The molecular weight excluding hydrogens is 343 g/mol. The van der Waals surface area contributed by atoms with Gasteiger partial charge in [-0.05, 0) is 48.2 Å². The minimum Gasteiger partial charge on any atom is -0.452 e. The molecule has 1 amide bonds. The molecule has 0 aliphatic rings. The van der Waals surface area contributed by atoms with E-state index in [4.69, 9.17) is 4.74 Å². The second-order valence-corrected chi connectivity index (χ2v) is 5.70. The molecule has 0 spiro atoms. The average Bonchev–Trinajstić information content (AvgIpc) is 2.53. The number of para-hydroxylation sites is 1. The van der Waals surface area contributed by atoms with Crippen molar-refractivity contribution in [3.63, 3.8) is 0 Å². The van der Waals surface area contributed by atoms with Crippen molar-refractivity contribution < 1.29 is 27.5 Å². The highest BCUT2D eigenvalue weighted by atomic mass is 32.2. The van der Waals surface area contributed by atoms with Crippen LogP contribution in [0.1, 0.15) is 10.4 Å². The Morgan fingerprint density at radius 1 is 1.00 bits per heavy atom. The molecule has 0 bridgehead atoms. The Hall–Kier alpha value is -2.48. The topological polar surface area (TPSA) is 55.4 Å². The van der Waals surface area contributed by atoms with E-state index in [1.165, 1.54) is 24.3 Å². The molecule has 0 atom stereocenters. The predicted molar refractivity (Wildman–Crippen MR) is 83.7 cm³/mol. The fourth-order valence-corrected chi connectivity index (χ4v) is 2.27. The Labute approximate surface area is 140 Å². The monoisotopic (exact) mass is 355 g/mol. The fourth-order valence-electron chi connectivity index (χ4n) is 1.73. The van der Waals surface area contributed by atoms with E-state index in [9.17, 15) is 22.8 Å². The highest BCUT2D eigenvalue weighted by Crippen LogP contribution is 2.36. The first-order valence-corrected chi connectivity index (χ1v) is 7.53. The van der Waals surface area contributed by atoms with Crippen LogP contribution in [0, 0.1) is 0 Å². The van der Waals surface area contributed by atoms with Crippen LogP contribution in [0.2, 0.25) is 0 Å². The number of carbonyl (C=O) groups is 2. The third-order valence-electron chi connectivity index (χ3n) is 2.72. The first-order valence-electron chi connectivity index (χ1n) is 6.71. The van der Waals surface area contributed by atoms with E-state index in [2.05, 4.69) is 5.32 Å². The van der Waals surface area contributed by atoms with Gasteiger partial charge in [0, 0.05) is 10.6 Å². The molecule has 2 rings (SSSR count). The zero-order valence-electron chi connectivity index (χ0n) is 12.2. The summed E-state index contributed by atoms with van der Waals surface area (Å²) in [6.07, 6.45) is 0. The van der Waals surface area contributed by atoms with E-state index in [1.807, 2.05) is 0 Å². The van der Waals surface area contributed by atoms with E-state index >= 15 is 0 Å². The number of carbonyl (C=O) groups excluding carboxylic acids is 2. The van der Waals surface area contributed by atoms with Gasteiger partial charge in [-0.25, -0.2) is 4.79 Å². The van der Waals surface area contributed by atoms with Gasteiger partial charge in [0.1, 0.15) is 0 Å². The van der Waals surface area contributed by atoms with Crippen LogP contribution in [0.3, 0.4) is 0 Å². The summed E-state index contributed by atoms with van der Waals surface area (Å²) in [6, 6.07) is 13.4. The Kier molecular flexibility index (Phi) is 5.86. The number of nitrogens with one attached hydrogen (secondary N) is 1. The molecule has 0 fully saturated rings. The van der Waals surface area contributed by atoms with Crippen molar-refractivity contribution in [2.24, 2.45) is 0 Å². The number of rotatable bonds is 5. The van der Waals surface area contributed by atoms with Crippen molar-refractivity contribution in [3.05, 3.63) is 60.2 Å². The molecule has 0 saturated heterocycles. The Morgan fingerprint density at radius 3 is 2.21 bits per heavy atom. The average molecular weight is 355 g/mol. The molecule has 2 aromatic carbocycles. The smallest absolute Gasteiger partial charge is 0.446 e. The van der Waals surface area contributed by atoms with Crippen molar-refractivity contribution in [1.29, 1.82) is 0 Å². The molecule has 0 aromatic heterocycles. The van der Waals surface area contributed by atoms with Crippen molar-refractivity contribution >= 4 is 29.3 Å². The highest BCUT2D eigenvalue weighted by molar-refractivity contribution is 8.00. The van der Waals surface area contributed by atoms with E-state index in [-0.39, 0.29) is 22.2 Å². The number of thioether (sulfide) groups is 1. The Bertz CT molecular complexity index is 703. The van der Waals surface area contributed by atoms with Crippen molar-refractivity contribution in [2.75, 3.05) is 11.9 Å². The lowest BCUT2D eigenvalue weighted by Crippen LogP contribution is -2.20. The molecular formula is C16H12F3NO3S. The summed E-state index contributed by atoms with van der Waals surface area (Å²) in [4.78, 5) is 23.4. The molecule has 2 aromatic rings. The van der Waals surface area contributed by atoms with Crippen LogP contribution in [0.5, 0.6) is 0 Å². The van der Waals surface area contributed by atoms with Crippen LogP contribution in [0.4, 0.5) is 18.9 Å². The van der Waals surface area contributed by atoms with Crippen LogP contribution in [0.25, 0.3) is 0 Å². The first-order chi connectivity index (χ1) is 11.3. The summed E-state index contributed by atoms with van der Waals surface area (Å²) < 4.78 is 41.5. The van der Waals surface area contributed by atoms with E-state index in [0.717, 1.165) is 0 Å². The number of halogens is 3. The standard InChI is InChI=1S/C16H12F3NO3S/c17-16(18,19)24-13-8-6-11(7-9-13)15(22)23-10-14(21)20-12-4-2-1-3-5-12/h1-9H,10H2,(H,20,21). The van der Waals surface area contributed by atoms with E-state index in [1.54, 1.807) is 30.3 Å². The molecule has 126 valence electrons. The molecule has 1 N–H and O–H groups in total. The maximum atomic E-state index is 12.2. The number of ether oxygens (including phenoxy) is 1. The number of hydrogen-bond acceptors (Lipinski definition) is 4. The summed E-state index contributed by atoms with van der Waals surface area (Å²) >= 11 is -0.276. The maximum Gasteiger partial charge on any atom is 0.446 e. The molecule has 0 unspecified atom stereocenters. The van der Waals surface area contributed by atoms with Gasteiger partial charge in [0.2, 0.25) is 0 Å². The zero-order chi connectivity index (χ0) is 17.6. The van der Waals surface area contributed by atoms with Crippen LogP contribution < -0.4 is 5.32 Å². The number of esters is 1. The van der Waals surface area contributed by atoms with Crippen molar-refractivity contribution in [3.8, 4) is 0 Å². The second-order valence-electron chi connectivity index (χ2n) is 4.56. The van der Waals surface area contributed by atoms with Gasteiger partial charge >= 0.3 is 11.5 Å². The molecule has 0 aliphatic carbocycles. The molecule has 0 heterocycles. The third kappa shape index (κ3) is 5.96. The molecule has 8 heteroatoms. The third-order valence-corrected chi connectivity index (χ3v) is 3.45. The first kappa shape index (κ1) is 17.9. The number of benzene rings is 2. The molecule has 0 radical (unpaired) electrons. The second kappa shape index (κ2) is 7.87. The summed E-state index contributed by atoms with van der Waals surface area (Å²) in [5.74, 6) is -1.31. The van der Waals surface area contributed by atoms with Crippen LogP contribution >= 0.6 is 11.8 Å². The Balaban J connectivity index is 1.85. The fraction of sp³-hybridized carbons (Fsp3) is 0.125. The lowest BCUT2D eigenvalue weighted by atomic mass is 10.2. The largest absolute Gasteiger partial charge is 0.452 e. The lowest BCUT2D eigenvalue weighted by molar-refractivity contribution is -0.119. The molecule has 24 heavy (non-hydrogen) atoms. The maximum absolute atomic E-state index is 12.2. The van der Waals surface area contributed by atoms with Gasteiger partial charge < -0.3 is 10.1 Å². The number of alkyl halides is 3. The molecule has 4 nitrogen and oxygen atoms in total. The van der Waals surface area contributed by atoms with Gasteiger partial charge in [0.25, 0.3) is 5.91 Å². The van der Waals surface area contributed by atoms with Gasteiger partial charge in [-0.3, -0.25) is 4.79 Å². The van der Waals surface area contributed by atoms with E-state index < -0.39 is 24.0 Å². The number of hydrogen-bond donors (Lipinski definition) is 1. The molecule has 0 saturated carbocycles. The number of amides is 1. The normalized spacial score (nSPS) is 11.0. The quantitative estimate of drug-likeness (QED) is 0.648. The SMILES string of the molecule is O=C(COC(=O)c1ccc(SC(F)(F)F)cc1)Nc1ccccc1. The summed E-state index contributed by atoms with van der Waals surface area (Å²) in [7, 11) is 0. The zero-order valence-corrected chi connectivity index (χ0v) is 13.0. The van der Waals surface area contributed by atoms with Gasteiger partial charge in [-0.15, -0.1) is 0 Å². The minimum absolute atomic E-state index is 0.0409. The minimum atomic E-state index is -4.39. The van der Waals surface area contributed by atoms with E-state index in [0.29, 0.717) is 5.69 Å².